The van der Waals surface area contributed by atoms with Crippen LogP contribution in [0.15, 0.2) is 52.4 Å². The van der Waals surface area contributed by atoms with Crippen molar-refractivity contribution in [1.29, 1.82) is 0 Å². The molecule has 0 saturated carbocycles. The number of para-hydroxylation sites is 1. The number of fused-ring (bicyclic) bond motifs is 1. The molecule has 4 rings (SSSR count). The molecule has 0 bridgehead atoms. The fourth-order valence-electron chi connectivity index (χ4n) is 2.97. The van der Waals surface area contributed by atoms with Crippen LogP contribution in [0.4, 0.5) is 0 Å². The standard InChI is InChI=1S/C20H19N3O3S/c1-13(19-22-23-20(26-19)17-9-5-11-27-17)25-18(24)10-4-6-14-12-21-16-8-3-2-7-15(14)16/h2-3,5,7-9,11-13,21H,4,6,10H2,1H3/t13-/m0/s1. The number of esters is 1. The minimum absolute atomic E-state index is 0.266. The number of aromatic amines is 1. The lowest BCUT2D eigenvalue weighted by atomic mass is 10.1. The number of aryl methyl sites for hydroxylation is 1. The Kier molecular flexibility index (Phi) is 5.02. The largest absolute Gasteiger partial charge is 0.453 e. The van der Waals surface area contributed by atoms with Gasteiger partial charge in [0.2, 0.25) is 0 Å². The number of hydrogen-bond donors (Lipinski definition) is 1. The van der Waals surface area contributed by atoms with Gasteiger partial charge in [0.1, 0.15) is 0 Å². The summed E-state index contributed by atoms with van der Waals surface area (Å²) in [7, 11) is 0. The minimum Gasteiger partial charge on any atom is -0.453 e. The summed E-state index contributed by atoms with van der Waals surface area (Å²) in [5.74, 6) is 0.490. The fourth-order valence-corrected chi connectivity index (χ4v) is 3.61. The second kappa shape index (κ2) is 7.75. The predicted molar refractivity (Wildman–Crippen MR) is 103 cm³/mol. The molecule has 6 nitrogen and oxygen atoms in total. The zero-order chi connectivity index (χ0) is 18.6. The average Bonchev–Trinajstić information content (AvgIpc) is 3.42. The Bertz CT molecular complexity index is 1040. The number of ether oxygens (including phenoxy) is 1. The first-order chi connectivity index (χ1) is 13.2. The Labute approximate surface area is 160 Å². The van der Waals surface area contributed by atoms with Gasteiger partial charge >= 0.3 is 5.97 Å². The molecule has 1 atom stereocenters. The SMILES string of the molecule is C[C@H](OC(=O)CCCc1c[nH]c2ccccc12)c1nnc(-c2cccs2)o1. The van der Waals surface area contributed by atoms with Crippen LogP contribution < -0.4 is 0 Å². The minimum atomic E-state index is -0.563. The highest BCUT2D eigenvalue weighted by Gasteiger charge is 2.19. The van der Waals surface area contributed by atoms with Gasteiger partial charge in [-0.2, -0.15) is 0 Å². The second-order valence-corrected chi connectivity index (χ2v) is 7.22. The Morgan fingerprint density at radius 2 is 2.15 bits per heavy atom. The lowest BCUT2D eigenvalue weighted by Gasteiger charge is -2.09. The van der Waals surface area contributed by atoms with Crippen molar-refractivity contribution in [2.75, 3.05) is 0 Å². The molecule has 1 N–H and O–H groups in total. The van der Waals surface area contributed by atoms with Crippen LogP contribution in [-0.4, -0.2) is 21.2 Å². The molecule has 0 aliphatic rings. The maximum atomic E-state index is 12.1. The Morgan fingerprint density at radius 1 is 1.26 bits per heavy atom. The van der Waals surface area contributed by atoms with Gasteiger partial charge in [-0.1, -0.05) is 24.3 Å². The van der Waals surface area contributed by atoms with Crippen molar-refractivity contribution in [3.8, 4) is 10.8 Å². The summed E-state index contributed by atoms with van der Waals surface area (Å²) in [5, 5.41) is 11.1. The molecule has 138 valence electrons. The number of hydrogen-bond acceptors (Lipinski definition) is 6. The normalized spacial score (nSPS) is 12.3. The highest BCUT2D eigenvalue weighted by atomic mass is 32.1. The third-order valence-corrected chi connectivity index (χ3v) is 5.19. The first-order valence-electron chi connectivity index (χ1n) is 8.82. The van der Waals surface area contributed by atoms with E-state index in [1.54, 1.807) is 6.92 Å². The van der Waals surface area contributed by atoms with Gasteiger partial charge in [-0.3, -0.25) is 4.79 Å². The van der Waals surface area contributed by atoms with Crippen LogP contribution in [0.3, 0.4) is 0 Å². The van der Waals surface area contributed by atoms with Crippen molar-refractivity contribution < 1.29 is 13.9 Å². The lowest BCUT2D eigenvalue weighted by molar-refractivity contribution is -0.149. The molecule has 0 aliphatic carbocycles. The molecule has 1 aromatic carbocycles. The molecule has 27 heavy (non-hydrogen) atoms. The van der Waals surface area contributed by atoms with Crippen molar-refractivity contribution >= 4 is 28.2 Å². The van der Waals surface area contributed by atoms with E-state index in [0.29, 0.717) is 18.2 Å². The molecular weight excluding hydrogens is 362 g/mol. The monoisotopic (exact) mass is 381 g/mol. The number of H-pyrrole nitrogens is 1. The van der Waals surface area contributed by atoms with Crippen molar-refractivity contribution in [1.82, 2.24) is 15.2 Å². The highest BCUT2D eigenvalue weighted by molar-refractivity contribution is 7.13. The first kappa shape index (κ1) is 17.5. The quantitative estimate of drug-likeness (QED) is 0.460. The highest BCUT2D eigenvalue weighted by Crippen LogP contribution is 2.26. The molecule has 0 unspecified atom stereocenters. The maximum absolute atomic E-state index is 12.1. The molecule has 0 aliphatic heterocycles. The molecule has 3 heterocycles. The molecule has 0 fully saturated rings. The van der Waals surface area contributed by atoms with Crippen LogP contribution in [-0.2, 0) is 16.0 Å². The molecule has 0 amide bonds. The van der Waals surface area contributed by atoms with Crippen LogP contribution in [0.1, 0.15) is 37.3 Å². The van der Waals surface area contributed by atoms with E-state index < -0.39 is 6.10 Å². The van der Waals surface area contributed by atoms with E-state index in [1.165, 1.54) is 22.3 Å². The third kappa shape index (κ3) is 3.93. The van der Waals surface area contributed by atoms with Gasteiger partial charge in [0.25, 0.3) is 11.8 Å². The van der Waals surface area contributed by atoms with Gasteiger partial charge in [0.15, 0.2) is 6.10 Å². The predicted octanol–water partition coefficient (Wildman–Crippen LogP) is 4.91. The number of rotatable bonds is 7. The number of carbonyl (C=O) groups excluding carboxylic acids is 1. The second-order valence-electron chi connectivity index (χ2n) is 6.27. The zero-order valence-electron chi connectivity index (χ0n) is 14.8. The van der Waals surface area contributed by atoms with Gasteiger partial charge in [-0.25, -0.2) is 0 Å². The van der Waals surface area contributed by atoms with Gasteiger partial charge < -0.3 is 14.1 Å². The summed E-state index contributed by atoms with van der Waals surface area (Å²) < 4.78 is 11.0. The lowest BCUT2D eigenvalue weighted by Crippen LogP contribution is -2.09. The summed E-state index contributed by atoms with van der Waals surface area (Å²) in [6.45, 7) is 1.74. The molecule has 0 saturated heterocycles. The smallest absolute Gasteiger partial charge is 0.306 e. The van der Waals surface area contributed by atoms with Crippen LogP contribution >= 0.6 is 11.3 Å². The summed E-state index contributed by atoms with van der Waals surface area (Å²) in [5.41, 5.74) is 2.32. The number of benzene rings is 1. The molecule has 0 spiro atoms. The topological polar surface area (TPSA) is 81.0 Å². The summed E-state index contributed by atoms with van der Waals surface area (Å²) in [6, 6.07) is 12.0. The van der Waals surface area contributed by atoms with Gasteiger partial charge in [-0.05, 0) is 42.8 Å². The van der Waals surface area contributed by atoms with Crippen LogP contribution in [0, 0.1) is 0 Å². The Hall–Kier alpha value is -2.93. The Morgan fingerprint density at radius 3 is 3.00 bits per heavy atom. The van der Waals surface area contributed by atoms with Crippen molar-refractivity contribution in [2.24, 2.45) is 0 Å². The van der Waals surface area contributed by atoms with Crippen molar-refractivity contribution in [3.63, 3.8) is 0 Å². The zero-order valence-corrected chi connectivity index (χ0v) is 15.7. The van der Waals surface area contributed by atoms with Gasteiger partial charge in [-0.15, -0.1) is 21.5 Å². The van der Waals surface area contributed by atoms with E-state index in [-0.39, 0.29) is 5.97 Å². The summed E-state index contributed by atoms with van der Waals surface area (Å²) in [4.78, 5) is 16.3. The van der Waals surface area contributed by atoms with Crippen molar-refractivity contribution in [2.45, 2.75) is 32.3 Å². The third-order valence-electron chi connectivity index (χ3n) is 4.33. The van der Waals surface area contributed by atoms with E-state index in [0.717, 1.165) is 23.2 Å². The summed E-state index contributed by atoms with van der Waals surface area (Å²) >= 11 is 1.52. The molecular formula is C20H19N3O3S. The van der Waals surface area contributed by atoms with Crippen LogP contribution in [0.25, 0.3) is 21.7 Å². The number of carbonyl (C=O) groups is 1. The number of thiophene rings is 1. The van der Waals surface area contributed by atoms with Crippen molar-refractivity contribution in [3.05, 3.63) is 59.4 Å². The average molecular weight is 381 g/mol. The fraction of sp³-hybridized carbons (Fsp3) is 0.250. The first-order valence-corrected chi connectivity index (χ1v) is 9.70. The van der Waals surface area contributed by atoms with E-state index in [2.05, 4.69) is 21.2 Å². The number of aromatic nitrogens is 3. The summed E-state index contributed by atoms with van der Waals surface area (Å²) in [6.07, 6.45) is 3.32. The Balaban J connectivity index is 1.29. The van der Waals surface area contributed by atoms with E-state index in [4.69, 9.17) is 9.15 Å². The van der Waals surface area contributed by atoms with Gasteiger partial charge in [0, 0.05) is 23.5 Å². The van der Waals surface area contributed by atoms with E-state index in [1.807, 2.05) is 41.9 Å². The van der Waals surface area contributed by atoms with E-state index >= 15 is 0 Å². The van der Waals surface area contributed by atoms with E-state index in [9.17, 15) is 4.79 Å². The maximum Gasteiger partial charge on any atom is 0.306 e. The molecule has 0 radical (unpaired) electrons. The molecule has 3 aromatic heterocycles. The number of nitrogens with zero attached hydrogens (tertiary/aromatic N) is 2. The molecule has 4 aromatic rings. The van der Waals surface area contributed by atoms with Gasteiger partial charge in [0.05, 0.1) is 4.88 Å². The van der Waals surface area contributed by atoms with Crippen LogP contribution in [0.5, 0.6) is 0 Å². The molecule has 7 heteroatoms. The number of nitrogens with one attached hydrogen (secondary N) is 1. The van der Waals surface area contributed by atoms with Crippen LogP contribution in [0.2, 0.25) is 0 Å².